The van der Waals surface area contributed by atoms with E-state index >= 15 is 0 Å². The standard InChI is InChI=1S/C25H30O2/c1-5-27-24(26)20-11-9-19(10-12-20)16-18(2)21-13-14-23-22(17-21)8-6-7-15-25(23,3)4/h9-14,16-17H,5-8,15H2,1-4H3. The minimum absolute atomic E-state index is 0.266. The fraction of sp³-hybridized carbons (Fsp3) is 0.400. The second-order valence-electron chi connectivity index (χ2n) is 8.13. The smallest absolute Gasteiger partial charge is 0.338 e. The molecule has 142 valence electrons. The van der Waals surface area contributed by atoms with Crippen LogP contribution >= 0.6 is 0 Å². The third-order valence-electron chi connectivity index (χ3n) is 5.59. The summed E-state index contributed by atoms with van der Waals surface area (Å²) in [6, 6.07) is 14.6. The first-order chi connectivity index (χ1) is 12.9. The zero-order valence-corrected chi connectivity index (χ0v) is 17.0. The Labute approximate surface area is 163 Å². The van der Waals surface area contributed by atoms with Gasteiger partial charge in [-0.3, -0.25) is 0 Å². The molecule has 2 aromatic carbocycles. The molecular weight excluding hydrogens is 332 g/mol. The molecule has 0 atom stereocenters. The lowest BCUT2D eigenvalue weighted by atomic mass is 9.79. The van der Waals surface area contributed by atoms with Crippen LogP contribution in [0.4, 0.5) is 0 Å². The molecule has 1 aliphatic carbocycles. The molecule has 2 aromatic rings. The Balaban J connectivity index is 1.84. The molecular formula is C25H30O2. The average Bonchev–Trinajstić information content (AvgIpc) is 2.80. The molecule has 0 aliphatic heterocycles. The molecule has 0 saturated carbocycles. The zero-order chi connectivity index (χ0) is 19.4. The number of carbonyl (C=O) groups excluding carboxylic acids is 1. The van der Waals surface area contributed by atoms with Crippen molar-refractivity contribution in [1.29, 1.82) is 0 Å². The first-order valence-corrected chi connectivity index (χ1v) is 10.00. The number of aryl methyl sites for hydroxylation is 1. The van der Waals surface area contributed by atoms with Gasteiger partial charge in [-0.25, -0.2) is 4.79 Å². The summed E-state index contributed by atoms with van der Waals surface area (Å²) in [6.07, 6.45) is 7.20. The molecule has 1 aliphatic rings. The molecule has 0 amide bonds. The second kappa shape index (κ2) is 8.12. The molecule has 0 fully saturated rings. The van der Waals surface area contributed by atoms with Crippen molar-refractivity contribution in [1.82, 2.24) is 0 Å². The number of carbonyl (C=O) groups is 1. The molecule has 27 heavy (non-hydrogen) atoms. The van der Waals surface area contributed by atoms with E-state index in [9.17, 15) is 4.79 Å². The third-order valence-corrected chi connectivity index (χ3v) is 5.59. The minimum atomic E-state index is -0.266. The highest BCUT2D eigenvalue weighted by Crippen LogP contribution is 2.36. The highest BCUT2D eigenvalue weighted by molar-refractivity contribution is 5.90. The number of allylic oxidation sites excluding steroid dienone is 1. The van der Waals surface area contributed by atoms with Crippen molar-refractivity contribution in [2.75, 3.05) is 6.61 Å². The number of hydrogen-bond donors (Lipinski definition) is 0. The molecule has 0 bridgehead atoms. The summed E-state index contributed by atoms with van der Waals surface area (Å²) in [6.45, 7) is 9.10. The largest absolute Gasteiger partial charge is 0.462 e. The van der Waals surface area contributed by atoms with Gasteiger partial charge in [-0.1, -0.05) is 56.7 Å². The number of benzene rings is 2. The second-order valence-corrected chi connectivity index (χ2v) is 8.13. The van der Waals surface area contributed by atoms with Gasteiger partial charge in [-0.05, 0) is 78.5 Å². The maximum atomic E-state index is 11.8. The predicted octanol–water partition coefficient (Wildman–Crippen LogP) is 6.43. The Morgan fingerprint density at radius 3 is 2.48 bits per heavy atom. The van der Waals surface area contributed by atoms with Gasteiger partial charge in [0.2, 0.25) is 0 Å². The normalized spacial score (nSPS) is 16.4. The first kappa shape index (κ1) is 19.4. The summed E-state index contributed by atoms with van der Waals surface area (Å²) in [7, 11) is 0. The van der Waals surface area contributed by atoms with Gasteiger partial charge in [0, 0.05) is 0 Å². The van der Waals surface area contributed by atoms with Crippen molar-refractivity contribution in [3.8, 4) is 0 Å². The van der Waals surface area contributed by atoms with Crippen LogP contribution in [0, 0.1) is 0 Å². The van der Waals surface area contributed by atoms with E-state index in [-0.39, 0.29) is 11.4 Å². The molecule has 2 nitrogen and oxygen atoms in total. The van der Waals surface area contributed by atoms with Crippen LogP contribution in [0.25, 0.3) is 11.6 Å². The lowest BCUT2D eigenvalue weighted by Gasteiger charge is -2.26. The van der Waals surface area contributed by atoms with Gasteiger partial charge in [-0.15, -0.1) is 0 Å². The van der Waals surface area contributed by atoms with Crippen molar-refractivity contribution in [3.63, 3.8) is 0 Å². The van der Waals surface area contributed by atoms with Gasteiger partial charge in [0.05, 0.1) is 12.2 Å². The fourth-order valence-corrected chi connectivity index (χ4v) is 3.99. The van der Waals surface area contributed by atoms with E-state index in [1.807, 2.05) is 31.2 Å². The highest BCUT2D eigenvalue weighted by atomic mass is 16.5. The quantitative estimate of drug-likeness (QED) is 0.356. The highest BCUT2D eigenvalue weighted by Gasteiger charge is 2.25. The van der Waals surface area contributed by atoms with E-state index in [2.05, 4.69) is 45.0 Å². The average molecular weight is 363 g/mol. The Kier molecular flexibility index (Phi) is 5.84. The predicted molar refractivity (Wildman–Crippen MR) is 113 cm³/mol. The van der Waals surface area contributed by atoms with Gasteiger partial charge in [0.15, 0.2) is 0 Å². The number of rotatable bonds is 4. The number of hydrogen-bond acceptors (Lipinski definition) is 2. The zero-order valence-electron chi connectivity index (χ0n) is 17.0. The summed E-state index contributed by atoms with van der Waals surface area (Å²) in [5.41, 5.74) is 7.49. The van der Waals surface area contributed by atoms with Crippen LogP contribution in [-0.4, -0.2) is 12.6 Å². The summed E-state index contributed by atoms with van der Waals surface area (Å²) in [4.78, 5) is 11.8. The summed E-state index contributed by atoms with van der Waals surface area (Å²) in [5, 5.41) is 0. The van der Waals surface area contributed by atoms with E-state index in [1.165, 1.54) is 47.9 Å². The van der Waals surface area contributed by atoms with Crippen LogP contribution in [0.5, 0.6) is 0 Å². The van der Waals surface area contributed by atoms with Crippen LogP contribution in [0.3, 0.4) is 0 Å². The van der Waals surface area contributed by atoms with Crippen LogP contribution in [0.2, 0.25) is 0 Å². The van der Waals surface area contributed by atoms with Crippen molar-refractivity contribution < 1.29 is 9.53 Å². The van der Waals surface area contributed by atoms with Gasteiger partial charge in [0.1, 0.15) is 0 Å². The Morgan fingerprint density at radius 1 is 1.07 bits per heavy atom. The molecule has 0 aromatic heterocycles. The summed E-state index contributed by atoms with van der Waals surface area (Å²) < 4.78 is 5.04. The summed E-state index contributed by atoms with van der Waals surface area (Å²) in [5.74, 6) is -0.266. The summed E-state index contributed by atoms with van der Waals surface area (Å²) >= 11 is 0. The first-order valence-electron chi connectivity index (χ1n) is 10.00. The van der Waals surface area contributed by atoms with Crippen LogP contribution in [0.1, 0.15) is 79.6 Å². The van der Waals surface area contributed by atoms with Crippen LogP contribution in [-0.2, 0) is 16.6 Å². The number of ether oxygens (including phenoxy) is 1. The Morgan fingerprint density at radius 2 is 1.78 bits per heavy atom. The molecule has 0 unspecified atom stereocenters. The van der Waals surface area contributed by atoms with E-state index in [4.69, 9.17) is 4.74 Å². The maximum absolute atomic E-state index is 11.8. The molecule has 0 spiro atoms. The lowest BCUT2D eigenvalue weighted by molar-refractivity contribution is 0.0526. The van der Waals surface area contributed by atoms with Gasteiger partial charge in [-0.2, -0.15) is 0 Å². The van der Waals surface area contributed by atoms with Crippen LogP contribution in [0.15, 0.2) is 42.5 Å². The lowest BCUT2D eigenvalue weighted by Crippen LogP contribution is -2.17. The van der Waals surface area contributed by atoms with Crippen molar-refractivity contribution >= 4 is 17.6 Å². The van der Waals surface area contributed by atoms with E-state index in [0.717, 1.165) is 5.56 Å². The third kappa shape index (κ3) is 4.50. The molecule has 0 heterocycles. The van der Waals surface area contributed by atoms with Gasteiger partial charge >= 0.3 is 5.97 Å². The van der Waals surface area contributed by atoms with E-state index < -0.39 is 0 Å². The molecule has 0 radical (unpaired) electrons. The Bertz CT molecular complexity index is 841. The molecule has 0 N–H and O–H groups in total. The number of esters is 1. The van der Waals surface area contributed by atoms with Crippen molar-refractivity contribution in [2.24, 2.45) is 0 Å². The van der Waals surface area contributed by atoms with Crippen molar-refractivity contribution in [3.05, 3.63) is 70.3 Å². The molecule has 3 rings (SSSR count). The van der Waals surface area contributed by atoms with Crippen LogP contribution < -0.4 is 0 Å². The topological polar surface area (TPSA) is 26.3 Å². The number of fused-ring (bicyclic) bond motifs is 1. The van der Waals surface area contributed by atoms with Gasteiger partial charge in [0.25, 0.3) is 0 Å². The fourth-order valence-electron chi connectivity index (χ4n) is 3.99. The van der Waals surface area contributed by atoms with Crippen molar-refractivity contribution in [2.45, 2.75) is 58.8 Å². The minimum Gasteiger partial charge on any atom is -0.462 e. The molecule has 2 heteroatoms. The molecule has 0 saturated heterocycles. The van der Waals surface area contributed by atoms with E-state index in [1.54, 1.807) is 0 Å². The Hall–Kier alpha value is -2.35. The van der Waals surface area contributed by atoms with E-state index in [0.29, 0.717) is 12.2 Å². The maximum Gasteiger partial charge on any atom is 0.338 e. The van der Waals surface area contributed by atoms with Gasteiger partial charge < -0.3 is 4.74 Å². The SMILES string of the molecule is CCOC(=O)c1ccc(C=C(C)c2ccc3c(c2)CCCCC3(C)C)cc1. The monoisotopic (exact) mass is 362 g/mol.